The topological polar surface area (TPSA) is 69.0 Å². The van der Waals surface area contributed by atoms with Gasteiger partial charge in [-0.05, 0) is 37.1 Å². The van der Waals surface area contributed by atoms with Crippen molar-refractivity contribution >= 4 is 35.0 Å². The number of amides is 1. The van der Waals surface area contributed by atoms with E-state index >= 15 is 0 Å². The van der Waals surface area contributed by atoms with Gasteiger partial charge in [0.25, 0.3) is 0 Å². The molecule has 1 aliphatic carbocycles. The summed E-state index contributed by atoms with van der Waals surface area (Å²) in [5, 5.41) is 12.5. The monoisotopic (exact) mass is 478 g/mol. The predicted octanol–water partition coefficient (Wildman–Crippen LogP) is 6.05. The standard InChI is InChI=1S/C22H21ClF2N4O2S/c23-16-10-4-3-9-15(16)20-27-28-22(29(20)14-7-1-2-8-14)32-13-19(30)26-17-11-5-6-12-18(17)31-21(24)25/h3-6,9-12,14,21H,1-2,7-8,13H2,(H,26,30). The summed E-state index contributed by atoms with van der Waals surface area (Å²) in [6.45, 7) is -2.98. The van der Waals surface area contributed by atoms with Crippen LogP contribution < -0.4 is 10.1 Å². The molecule has 1 aliphatic rings. The number of carbonyl (C=O) groups excluding carboxylic acids is 1. The zero-order chi connectivity index (χ0) is 22.5. The van der Waals surface area contributed by atoms with E-state index in [4.69, 9.17) is 11.6 Å². The van der Waals surface area contributed by atoms with E-state index in [1.807, 2.05) is 24.3 Å². The minimum absolute atomic E-state index is 0.0381. The van der Waals surface area contributed by atoms with Crippen LogP contribution in [0.3, 0.4) is 0 Å². The molecule has 0 bridgehead atoms. The van der Waals surface area contributed by atoms with Gasteiger partial charge >= 0.3 is 6.61 Å². The highest BCUT2D eigenvalue weighted by Gasteiger charge is 2.26. The van der Waals surface area contributed by atoms with Crippen molar-refractivity contribution in [1.82, 2.24) is 14.8 Å². The van der Waals surface area contributed by atoms with Gasteiger partial charge in [0.05, 0.1) is 16.5 Å². The molecule has 32 heavy (non-hydrogen) atoms. The van der Waals surface area contributed by atoms with Crippen molar-refractivity contribution < 1.29 is 18.3 Å². The summed E-state index contributed by atoms with van der Waals surface area (Å²) in [7, 11) is 0. The Balaban J connectivity index is 1.51. The quantitative estimate of drug-likeness (QED) is 0.399. The van der Waals surface area contributed by atoms with Gasteiger partial charge < -0.3 is 10.1 Å². The maximum Gasteiger partial charge on any atom is 0.387 e. The van der Waals surface area contributed by atoms with Crippen LogP contribution in [0, 0.1) is 0 Å². The maximum absolute atomic E-state index is 12.6. The average molecular weight is 479 g/mol. The molecule has 6 nitrogen and oxygen atoms in total. The van der Waals surface area contributed by atoms with E-state index in [0.717, 1.165) is 31.2 Å². The van der Waals surface area contributed by atoms with Crippen molar-refractivity contribution in [3.63, 3.8) is 0 Å². The number of benzene rings is 2. The molecule has 1 aromatic heterocycles. The number of para-hydroxylation sites is 2. The highest BCUT2D eigenvalue weighted by molar-refractivity contribution is 7.99. The lowest BCUT2D eigenvalue weighted by Crippen LogP contribution is -2.16. The molecule has 0 atom stereocenters. The number of nitrogens with zero attached hydrogens (tertiary/aromatic N) is 3. The second-order valence-electron chi connectivity index (χ2n) is 7.31. The Morgan fingerprint density at radius 3 is 2.62 bits per heavy atom. The van der Waals surface area contributed by atoms with Crippen LogP contribution in [0.15, 0.2) is 53.7 Å². The molecule has 1 fully saturated rings. The molecule has 0 radical (unpaired) electrons. The number of hydrogen-bond acceptors (Lipinski definition) is 5. The van der Waals surface area contributed by atoms with Crippen molar-refractivity contribution in [3.8, 4) is 17.1 Å². The van der Waals surface area contributed by atoms with Crippen molar-refractivity contribution in [1.29, 1.82) is 0 Å². The molecule has 2 aromatic carbocycles. The summed E-state index contributed by atoms with van der Waals surface area (Å²) in [4.78, 5) is 12.5. The number of alkyl halides is 2. The number of rotatable bonds is 8. The van der Waals surface area contributed by atoms with Gasteiger partial charge in [-0.25, -0.2) is 0 Å². The zero-order valence-corrected chi connectivity index (χ0v) is 18.6. The Morgan fingerprint density at radius 2 is 1.88 bits per heavy atom. The van der Waals surface area contributed by atoms with E-state index in [2.05, 4.69) is 24.8 Å². The molecule has 0 spiro atoms. The fraction of sp³-hybridized carbons (Fsp3) is 0.318. The van der Waals surface area contributed by atoms with E-state index in [9.17, 15) is 13.6 Å². The molecule has 0 saturated heterocycles. The molecular formula is C22H21ClF2N4O2S. The maximum atomic E-state index is 12.6. The number of anilines is 1. The summed E-state index contributed by atoms with van der Waals surface area (Å²) >= 11 is 7.65. The van der Waals surface area contributed by atoms with E-state index < -0.39 is 6.61 Å². The third-order valence-electron chi connectivity index (χ3n) is 5.18. The Bertz CT molecular complexity index is 1090. The molecule has 10 heteroatoms. The molecule has 3 aromatic rings. The van der Waals surface area contributed by atoms with Gasteiger partial charge in [0.2, 0.25) is 5.91 Å². The lowest BCUT2D eigenvalue weighted by Gasteiger charge is -2.17. The Labute approximate surface area is 193 Å². The molecule has 1 amide bonds. The van der Waals surface area contributed by atoms with Crippen molar-refractivity contribution in [2.45, 2.75) is 43.5 Å². The van der Waals surface area contributed by atoms with Crippen LogP contribution in [0.2, 0.25) is 5.02 Å². The number of ether oxygens (including phenoxy) is 1. The first kappa shape index (κ1) is 22.5. The second-order valence-corrected chi connectivity index (χ2v) is 8.66. The second kappa shape index (κ2) is 10.3. The molecule has 1 heterocycles. The number of nitrogens with one attached hydrogen (secondary N) is 1. The van der Waals surface area contributed by atoms with Gasteiger partial charge in [0, 0.05) is 11.6 Å². The first-order chi connectivity index (χ1) is 15.5. The SMILES string of the molecule is O=C(CSc1nnc(-c2ccccc2Cl)n1C1CCCC1)Nc1ccccc1OC(F)F. The molecule has 1 N–H and O–H groups in total. The first-order valence-electron chi connectivity index (χ1n) is 10.2. The highest BCUT2D eigenvalue weighted by atomic mass is 35.5. The molecule has 1 saturated carbocycles. The Hall–Kier alpha value is -2.65. The van der Waals surface area contributed by atoms with Gasteiger partial charge in [-0.15, -0.1) is 10.2 Å². The number of aromatic nitrogens is 3. The Kier molecular flexibility index (Phi) is 7.26. The number of thioether (sulfide) groups is 1. The van der Waals surface area contributed by atoms with Gasteiger partial charge in [-0.1, -0.05) is 60.5 Å². The van der Waals surface area contributed by atoms with Gasteiger partial charge in [0.1, 0.15) is 5.75 Å². The largest absolute Gasteiger partial charge is 0.433 e. The molecular weight excluding hydrogens is 458 g/mol. The smallest absolute Gasteiger partial charge is 0.387 e. The van der Waals surface area contributed by atoms with Gasteiger partial charge in [-0.3, -0.25) is 9.36 Å². The van der Waals surface area contributed by atoms with E-state index in [0.29, 0.717) is 16.0 Å². The van der Waals surface area contributed by atoms with Crippen molar-refractivity contribution in [2.24, 2.45) is 0 Å². The van der Waals surface area contributed by atoms with Gasteiger partial charge in [-0.2, -0.15) is 8.78 Å². The number of hydrogen-bond donors (Lipinski definition) is 1. The lowest BCUT2D eigenvalue weighted by molar-refractivity contribution is -0.113. The number of carbonyl (C=O) groups is 1. The van der Waals surface area contributed by atoms with Crippen LogP contribution in [0.25, 0.3) is 11.4 Å². The molecule has 4 rings (SSSR count). The van der Waals surface area contributed by atoms with Crippen molar-refractivity contribution in [2.75, 3.05) is 11.1 Å². The summed E-state index contributed by atoms with van der Waals surface area (Å²) in [5.74, 6) is 0.272. The van der Waals surface area contributed by atoms with Crippen LogP contribution in [0.5, 0.6) is 5.75 Å². The summed E-state index contributed by atoms with van der Waals surface area (Å²) < 4.78 is 31.7. The Morgan fingerprint density at radius 1 is 1.16 bits per heavy atom. The van der Waals surface area contributed by atoms with Crippen LogP contribution >= 0.6 is 23.4 Å². The van der Waals surface area contributed by atoms with E-state index in [1.165, 1.54) is 23.9 Å². The third kappa shape index (κ3) is 5.21. The molecule has 168 valence electrons. The average Bonchev–Trinajstić information content (AvgIpc) is 3.43. The van der Waals surface area contributed by atoms with E-state index in [1.54, 1.807) is 12.1 Å². The predicted molar refractivity (Wildman–Crippen MR) is 120 cm³/mol. The molecule has 0 unspecified atom stereocenters. The minimum atomic E-state index is -2.98. The third-order valence-corrected chi connectivity index (χ3v) is 6.45. The zero-order valence-electron chi connectivity index (χ0n) is 17.0. The number of halogens is 3. The minimum Gasteiger partial charge on any atom is -0.433 e. The van der Waals surface area contributed by atoms with Crippen LogP contribution in [0.1, 0.15) is 31.7 Å². The first-order valence-corrected chi connectivity index (χ1v) is 11.6. The summed E-state index contributed by atoms with van der Waals surface area (Å²) in [6.07, 6.45) is 4.26. The fourth-order valence-corrected chi connectivity index (χ4v) is 4.80. The van der Waals surface area contributed by atoms with Crippen LogP contribution in [-0.2, 0) is 4.79 Å². The van der Waals surface area contributed by atoms with Gasteiger partial charge in [0.15, 0.2) is 11.0 Å². The normalized spacial score (nSPS) is 14.1. The summed E-state index contributed by atoms with van der Waals surface area (Å²) in [6, 6.07) is 13.8. The van der Waals surface area contributed by atoms with Crippen molar-refractivity contribution in [3.05, 3.63) is 53.6 Å². The van der Waals surface area contributed by atoms with Crippen LogP contribution in [0.4, 0.5) is 14.5 Å². The molecule has 0 aliphatic heterocycles. The summed E-state index contributed by atoms with van der Waals surface area (Å²) in [5.41, 5.74) is 0.982. The van der Waals surface area contributed by atoms with E-state index in [-0.39, 0.29) is 29.1 Å². The lowest BCUT2D eigenvalue weighted by atomic mass is 10.2. The van der Waals surface area contributed by atoms with Crippen LogP contribution in [-0.4, -0.2) is 33.0 Å². The highest BCUT2D eigenvalue weighted by Crippen LogP contribution is 2.38. The fourth-order valence-electron chi connectivity index (χ4n) is 3.78.